The van der Waals surface area contributed by atoms with E-state index in [1.807, 2.05) is 43.1 Å². The number of ether oxygens (including phenoxy) is 1. The lowest BCUT2D eigenvalue weighted by molar-refractivity contribution is -0.138. The quantitative estimate of drug-likeness (QED) is 0.698. The van der Waals surface area contributed by atoms with Crippen LogP contribution in [0.4, 0.5) is 5.69 Å². The zero-order chi connectivity index (χ0) is 18.9. The molecule has 0 spiro atoms. The van der Waals surface area contributed by atoms with Gasteiger partial charge in [-0.3, -0.25) is 19.4 Å². The van der Waals surface area contributed by atoms with Crippen molar-refractivity contribution in [3.05, 3.63) is 24.3 Å². The highest BCUT2D eigenvalue weighted by Crippen LogP contribution is 2.23. The lowest BCUT2D eigenvalue weighted by Crippen LogP contribution is -2.37. The third kappa shape index (κ3) is 7.74. The van der Waals surface area contributed by atoms with Gasteiger partial charge >= 0.3 is 5.97 Å². The fourth-order valence-corrected chi connectivity index (χ4v) is 3.32. The summed E-state index contributed by atoms with van der Waals surface area (Å²) in [6, 6.07) is 7.67. The average Bonchev–Trinajstić information content (AvgIpc) is 2.82. The van der Waals surface area contributed by atoms with Gasteiger partial charge in [0.15, 0.2) is 0 Å². The van der Waals surface area contributed by atoms with Crippen molar-refractivity contribution in [1.29, 1.82) is 0 Å². The molecule has 1 unspecified atom stereocenters. The van der Waals surface area contributed by atoms with Crippen molar-refractivity contribution in [2.24, 2.45) is 0 Å². The third-order valence-electron chi connectivity index (χ3n) is 4.63. The molecule has 0 saturated carbocycles. The Morgan fingerprint density at radius 3 is 2.74 bits per heavy atom. The number of carboxylic acid groups (broad SMARTS) is 1. The van der Waals surface area contributed by atoms with E-state index < -0.39 is 5.97 Å². The number of nitrogens with zero attached hydrogens (tertiary/aromatic N) is 2. The Hall–Kier alpha value is -1.83. The van der Waals surface area contributed by atoms with Crippen LogP contribution in [0.2, 0.25) is 0 Å². The van der Waals surface area contributed by atoms with Gasteiger partial charge in [-0.2, -0.15) is 0 Å². The summed E-state index contributed by atoms with van der Waals surface area (Å²) in [6.07, 6.45) is 2.78. The molecule has 0 radical (unpaired) electrons. The van der Waals surface area contributed by atoms with Gasteiger partial charge in [0, 0.05) is 12.6 Å². The lowest BCUT2D eigenvalue weighted by Gasteiger charge is -2.25. The minimum absolute atomic E-state index is 0. The van der Waals surface area contributed by atoms with E-state index in [-0.39, 0.29) is 30.9 Å². The van der Waals surface area contributed by atoms with Crippen LogP contribution in [0.25, 0.3) is 0 Å². The van der Waals surface area contributed by atoms with Crippen molar-refractivity contribution in [1.82, 2.24) is 9.80 Å². The Labute approximate surface area is 167 Å². The van der Waals surface area contributed by atoms with Crippen molar-refractivity contribution in [2.75, 3.05) is 45.2 Å². The predicted molar refractivity (Wildman–Crippen MR) is 108 cm³/mol. The van der Waals surface area contributed by atoms with E-state index in [0.29, 0.717) is 24.6 Å². The summed E-state index contributed by atoms with van der Waals surface area (Å²) in [4.78, 5) is 27.3. The monoisotopic (exact) mass is 399 g/mol. The predicted octanol–water partition coefficient (Wildman–Crippen LogP) is 2.32. The Morgan fingerprint density at radius 1 is 1.30 bits per heavy atom. The molecule has 2 N–H and O–H groups in total. The summed E-state index contributed by atoms with van der Waals surface area (Å²) in [5, 5.41) is 11.9. The van der Waals surface area contributed by atoms with Crippen LogP contribution in [-0.4, -0.2) is 72.7 Å². The number of benzene rings is 1. The number of carboxylic acids is 1. The van der Waals surface area contributed by atoms with Crippen molar-refractivity contribution in [3.8, 4) is 5.75 Å². The molecule has 1 atom stereocenters. The van der Waals surface area contributed by atoms with Gasteiger partial charge in [-0.05, 0) is 51.9 Å². The molecule has 27 heavy (non-hydrogen) atoms. The second-order valence-electron chi connectivity index (χ2n) is 6.65. The fraction of sp³-hybridized carbons (Fsp3) is 0.579. The molecule has 0 aromatic heterocycles. The topological polar surface area (TPSA) is 82.1 Å². The highest BCUT2D eigenvalue weighted by molar-refractivity contribution is 5.93. The molecule has 2 rings (SSSR count). The number of carbonyl (C=O) groups excluding carboxylic acids is 1. The number of hydrogen-bond acceptors (Lipinski definition) is 5. The van der Waals surface area contributed by atoms with Crippen molar-refractivity contribution < 1.29 is 19.4 Å². The molecule has 1 fully saturated rings. The van der Waals surface area contributed by atoms with Crippen LogP contribution in [0.5, 0.6) is 5.75 Å². The summed E-state index contributed by atoms with van der Waals surface area (Å²) >= 11 is 0. The molecule has 1 aliphatic rings. The molecule has 1 aromatic carbocycles. The molecule has 1 aromatic rings. The zero-order valence-electron chi connectivity index (χ0n) is 16.0. The van der Waals surface area contributed by atoms with E-state index in [1.54, 1.807) is 0 Å². The summed E-state index contributed by atoms with van der Waals surface area (Å²) in [5.74, 6) is -0.190. The lowest BCUT2D eigenvalue weighted by atomic mass is 10.1. The summed E-state index contributed by atoms with van der Waals surface area (Å²) in [6.45, 7) is 4.47. The van der Waals surface area contributed by atoms with Gasteiger partial charge in [0.05, 0.1) is 25.4 Å². The zero-order valence-corrected chi connectivity index (χ0v) is 16.8. The minimum atomic E-state index is -0.805. The first-order valence-corrected chi connectivity index (χ1v) is 9.15. The Morgan fingerprint density at radius 2 is 2.04 bits per heavy atom. The molecule has 7 nitrogen and oxygen atoms in total. The van der Waals surface area contributed by atoms with Crippen LogP contribution in [-0.2, 0) is 9.59 Å². The summed E-state index contributed by atoms with van der Waals surface area (Å²) < 4.78 is 5.54. The SMILES string of the molecule is CCOc1ccccc1NC(=O)CN1CCCC(N(C)CC(=O)O)CC1.Cl. The van der Waals surface area contributed by atoms with Gasteiger partial charge < -0.3 is 15.2 Å². The Balaban J connectivity index is 0.00000364. The molecule has 1 saturated heterocycles. The van der Waals surface area contributed by atoms with Crippen molar-refractivity contribution >= 4 is 30.0 Å². The first-order chi connectivity index (χ1) is 12.5. The standard InChI is InChI=1S/C19H29N3O4.ClH/c1-3-26-17-9-5-4-8-16(17)20-18(23)13-22-11-6-7-15(10-12-22)21(2)14-19(24)25;/h4-5,8-9,15H,3,6-7,10-14H2,1-2H3,(H,20,23)(H,24,25);1H. The maximum atomic E-state index is 12.4. The highest BCUT2D eigenvalue weighted by Gasteiger charge is 2.22. The molecular formula is C19H30ClN3O4. The van der Waals surface area contributed by atoms with Gasteiger partial charge in [0.25, 0.3) is 0 Å². The number of para-hydroxylation sites is 2. The number of aliphatic carboxylic acids is 1. The number of nitrogens with one attached hydrogen (secondary N) is 1. The number of likely N-dealkylation sites (tertiary alicyclic amines) is 1. The van der Waals surface area contributed by atoms with E-state index in [2.05, 4.69) is 10.2 Å². The van der Waals surface area contributed by atoms with Crippen LogP contribution >= 0.6 is 12.4 Å². The van der Waals surface area contributed by atoms with E-state index >= 15 is 0 Å². The maximum Gasteiger partial charge on any atom is 0.317 e. The van der Waals surface area contributed by atoms with Crippen LogP contribution in [0.15, 0.2) is 24.3 Å². The van der Waals surface area contributed by atoms with Gasteiger partial charge in [-0.1, -0.05) is 12.1 Å². The minimum Gasteiger partial charge on any atom is -0.492 e. The average molecular weight is 400 g/mol. The van der Waals surface area contributed by atoms with Crippen molar-refractivity contribution in [3.63, 3.8) is 0 Å². The Kier molecular flexibility index (Phi) is 10.1. The second-order valence-corrected chi connectivity index (χ2v) is 6.65. The molecule has 0 aliphatic carbocycles. The molecule has 8 heteroatoms. The van der Waals surface area contributed by atoms with Crippen LogP contribution in [0.1, 0.15) is 26.2 Å². The number of anilines is 1. The van der Waals surface area contributed by atoms with Crippen LogP contribution in [0.3, 0.4) is 0 Å². The smallest absolute Gasteiger partial charge is 0.317 e. The molecule has 1 amide bonds. The van der Waals surface area contributed by atoms with E-state index in [4.69, 9.17) is 9.84 Å². The summed E-state index contributed by atoms with van der Waals surface area (Å²) in [5.41, 5.74) is 0.688. The number of likely N-dealkylation sites (N-methyl/N-ethyl adjacent to an activating group) is 1. The van der Waals surface area contributed by atoms with E-state index in [1.165, 1.54) is 0 Å². The first kappa shape index (κ1) is 23.2. The number of carbonyl (C=O) groups is 2. The number of halogens is 1. The van der Waals surface area contributed by atoms with E-state index in [9.17, 15) is 9.59 Å². The van der Waals surface area contributed by atoms with Gasteiger partial charge in [0.2, 0.25) is 5.91 Å². The van der Waals surface area contributed by atoms with Crippen LogP contribution < -0.4 is 10.1 Å². The van der Waals surface area contributed by atoms with Crippen molar-refractivity contribution in [2.45, 2.75) is 32.2 Å². The molecule has 152 valence electrons. The molecule has 1 heterocycles. The van der Waals surface area contributed by atoms with Crippen LogP contribution in [0, 0.1) is 0 Å². The number of hydrogen-bond donors (Lipinski definition) is 2. The number of rotatable bonds is 8. The van der Waals surface area contributed by atoms with E-state index in [0.717, 1.165) is 32.4 Å². The third-order valence-corrected chi connectivity index (χ3v) is 4.63. The molecule has 0 bridgehead atoms. The first-order valence-electron chi connectivity index (χ1n) is 9.15. The molecular weight excluding hydrogens is 370 g/mol. The Bertz CT molecular complexity index is 614. The van der Waals surface area contributed by atoms with Gasteiger partial charge in [0.1, 0.15) is 5.75 Å². The molecule has 1 aliphatic heterocycles. The highest BCUT2D eigenvalue weighted by atomic mass is 35.5. The van der Waals surface area contributed by atoms with Gasteiger partial charge in [-0.25, -0.2) is 0 Å². The van der Waals surface area contributed by atoms with Gasteiger partial charge in [-0.15, -0.1) is 12.4 Å². The maximum absolute atomic E-state index is 12.4. The summed E-state index contributed by atoms with van der Waals surface area (Å²) in [7, 11) is 1.85. The number of amides is 1. The fourth-order valence-electron chi connectivity index (χ4n) is 3.32. The second kappa shape index (κ2) is 11.8. The normalized spacial score (nSPS) is 17.7. The largest absolute Gasteiger partial charge is 0.492 e.